The van der Waals surface area contributed by atoms with Gasteiger partial charge in [0.15, 0.2) is 0 Å². The van der Waals surface area contributed by atoms with Gasteiger partial charge in [0.25, 0.3) is 0 Å². The highest BCUT2D eigenvalue weighted by Crippen LogP contribution is 2.52. The molecule has 2 unspecified atom stereocenters. The molecule has 3 heteroatoms. The Morgan fingerprint density at radius 3 is 2.50 bits per heavy atom. The van der Waals surface area contributed by atoms with E-state index in [1.807, 2.05) is 0 Å². The minimum Gasteiger partial charge on any atom is -0.481 e. The molecule has 2 rings (SSSR count). The van der Waals surface area contributed by atoms with Crippen LogP contribution in [0, 0.1) is 11.3 Å². The van der Waals surface area contributed by atoms with Crippen LogP contribution in [0.1, 0.15) is 44.9 Å². The number of rotatable bonds is 1. The van der Waals surface area contributed by atoms with E-state index >= 15 is 0 Å². The van der Waals surface area contributed by atoms with E-state index in [-0.39, 0.29) is 17.4 Å². The molecular formula is C11H19NO2. The first-order chi connectivity index (χ1) is 6.64. The maximum Gasteiger partial charge on any atom is 0.307 e. The van der Waals surface area contributed by atoms with Crippen LogP contribution in [0.5, 0.6) is 0 Å². The molecule has 2 saturated carbocycles. The van der Waals surface area contributed by atoms with Crippen LogP contribution in [0.25, 0.3) is 0 Å². The quantitative estimate of drug-likeness (QED) is 0.673. The van der Waals surface area contributed by atoms with Gasteiger partial charge in [-0.3, -0.25) is 4.79 Å². The molecule has 3 N–H and O–H groups in total. The third-order valence-corrected chi connectivity index (χ3v) is 4.19. The molecule has 0 saturated heterocycles. The van der Waals surface area contributed by atoms with E-state index in [1.54, 1.807) is 0 Å². The van der Waals surface area contributed by atoms with Gasteiger partial charge in [-0.2, -0.15) is 0 Å². The van der Waals surface area contributed by atoms with Crippen molar-refractivity contribution in [3.63, 3.8) is 0 Å². The third kappa shape index (κ3) is 1.54. The zero-order valence-electron chi connectivity index (χ0n) is 8.54. The first kappa shape index (κ1) is 9.97. The summed E-state index contributed by atoms with van der Waals surface area (Å²) in [6.07, 6.45) is 7.37. The Labute approximate surface area is 84.7 Å². The second-order valence-corrected chi connectivity index (χ2v) is 4.99. The van der Waals surface area contributed by atoms with E-state index in [0.717, 1.165) is 25.7 Å². The molecule has 2 fully saturated rings. The molecule has 0 aliphatic heterocycles. The Bertz CT molecular complexity index is 233. The predicted molar refractivity (Wildman–Crippen MR) is 53.9 cm³/mol. The van der Waals surface area contributed by atoms with Gasteiger partial charge in [-0.25, -0.2) is 0 Å². The Balaban J connectivity index is 2.17. The number of carboxylic acid groups (broad SMARTS) is 1. The number of hydrogen-bond acceptors (Lipinski definition) is 2. The van der Waals surface area contributed by atoms with Crippen LogP contribution in [-0.4, -0.2) is 17.1 Å². The summed E-state index contributed by atoms with van der Waals surface area (Å²) in [7, 11) is 0. The summed E-state index contributed by atoms with van der Waals surface area (Å²) in [5.41, 5.74) is 5.96. The van der Waals surface area contributed by atoms with Gasteiger partial charge in [0.2, 0.25) is 0 Å². The number of nitrogens with two attached hydrogens (primary N) is 1. The van der Waals surface area contributed by atoms with Crippen LogP contribution in [0.15, 0.2) is 0 Å². The maximum absolute atomic E-state index is 11.2. The van der Waals surface area contributed by atoms with Crippen LogP contribution < -0.4 is 5.73 Å². The monoisotopic (exact) mass is 197 g/mol. The lowest BCUT2D eigenvalue weighted by Gasteiger charge is -2.41. The zero-order chi connectivity index (χ0) is 10.2. The molecule has 80 valence electrons. The fraction of sp³-hybridized carbons (Fsp3) is 0.909. The fourth-order valence-corrected chi connectivity index (χ4v) is 3.36. The van der Waals surface area contributed by atoms with Gasteiger partial charge in [-0.15, -0.1) is 0 Å². The van der Waals surface area contributed by atoms with Crippen molar-refractivity contribution in [1.82, 2.24) is 0 Å². The van der Waals surface area contributed by atoms with Crippen LogP contribution >= 0.6 is 0 Å². The number of hydrogen-bond donors (Lipinski definition) is 2. The summed E-state index contributed by atoms with van der Waals surface area (Å²) in [5.74, 6) is -0.796. The highest BCUT2D eigenvalue weighted by Gasteiger charge is 2.47. The van der Waals surface area contributed by atoms with Crippen molar-refractivity contribution in [2.24, 2.45) is 17.1 Å². The molecule has 2 aliphatic carbocycles. The largest absolute Gasteiger partial charge is 0.481 e. The second kappa shape index (κ2) is 3.54. The Hall–Kier alpha value is -0.570. The van der Waals surface area contributed by atoms with E-state index < -0.39 is 5.97 Å². The first-order valence-corrected chi connectivity index (χ1v) is 5.62. The summed E-state index contributed by atoms with van der Waals surface area (Å²) in [4.78, 5) is 11.2. The Kier molecular flexibility index (Phi) is 2.52. The topological polar surface area (TPSA) is 63.3 Å². The van der Waals surface area contributed by atoms with Crippen LogP contribution in [-0.2, 0) is 4.79 Å². The van der Waals surface area contributed by atoms with Gasteiger partial charge in [0.05, 0.1) is 5.92 Å². The van der Waals surface area contributed by atoms with E-state index in [4.69, 9.17) is 5.73 Å². The first-order valence-electron chi connectivity index (χ1n) is 5.62. The SMILES string of the molecule is NC1CCC2(CCCC2)C(C(=O)O)C1. The number of aliphatic carboxylic acids is 1. The minimum atomic E-state index is -0.623. The highest BCUT2D eigenvalue weighted by molar-refractivity contribution is 5.71. The summed E-state index contributed by atoms with van der Waals surface area (Å²) < 4.78 is 0. The van der Waals surface area contributed by atoms with Crippen molar-refractivity contribution >= 4 is 5.97 Å². The molecule has 0 aromatic rings. The molecule has 0 heterocycles. The lowest BCUT2D eigenvalue weighted by Crippen LogP contribution is -2.43. The molecule has 2 aliphatic rings. The number of carboxylic acids is 1. The number of carbonyl (C=O) groups is 1. The van der Waals surface area contributed by atoms with Crippen molar-refractivity contribution < 1.29 is 9.90 Å². The van der Waals surface area contributed by atoms with E-state index in [2.05, 4.69) is 0 Å². The smallest absolute Gasteiger partial charge is 0.307 e. The summed E-state index contributed by atoms with van der Waals surface area (Å²) >= 11 is 0. The van der Waals surface area contributed by atoms with Crippen LogP contribution in [0.3, 0.4) is 0 Å². The lowest BCUT2D eigenvalue weighted by molar-refractivity contribution is -0.149. The molecule has 14 heavy (non-hydrogen) atoms. The second-order valence-electron chi connectivity index (χ2n) is 4.99. The fourth-order valence-electron chi connectivity index (χ4n) is 3.36. The van der Waals surface area contributed by atoms with Gasteiger partial charge in [-0.1, -0.05) is 12.8 Å². The molecule has 1 spiro atoms. The third-order valence-electron chi connectivity index (χ3n) is 4.19. The normalized spacial score (nSPS) is 36.1. The van der Waals surface area contributed by atoms with Crippen molar-refractivity contribution in [2.45, 2.75) is 51.0 Å². The summed E-state index contributed by atoms with van der Waals surface area (Å²) in [6.45, 7) is 0. The molecule has 0 aromatic carbocycles. The lowest BCUT2D eigenvalue weighted by atomic mass is 9.64. The highest BCUT2D eigenvalue weighted by atomic mass is 16.4. The van der Waals surface area contributed by atoms with Crippen LogP contribution in [0.4, 0.5) is 0 Å². The van der Waals surface area contributed by atoms with Gasteiger partial charge in [0, 0.05) is 6.04 Å². The predicted octanol–water partition coefficient (Wildman–Crippen LogP) is 1.76. The molecule has 0 aromatic heterocycles. The Morgan fingerprint density at radius 1 is 1.29 bits per heavy atom. The van der Waals surface area contributed by atoms with Crippen molar-refractivity contribution in [1.29, 1.82) is 0 Å². The van der Waals surface area contributed by atoms with Gasteiger partial charge < -0.3 is 10.8 Å². The van der Waals surface area contributed by atoms with Crippen molar-refractivity contribution in [3.8, 4) is 0 Å². The van der Waals surface area contributed by atoms with Crippen molar-refractivity contribution in [2.75, 3.05) is 0 Å². The zero-order valence-corrected chi connectivity index (χ0v) is 8.54. The van der Waals surface area contributed by atoms with Crippen molar-refractivity contribution in [3.05, 3.63) is 0 Å². The molecule has 2 atom stereocenters. The van der Waals surface area contributed by atoms with Crippen LogP contribution in [0.2, 0.25) is 0 Å². The standard InChI is InChI=1S/C11H19NO2/c12-8-3-6-11(4-1-2-5-11)9(7-8)10(13)14/h8-9H,1-7,12H2,(H,13,14). The molecule has 0 bridgehead atoms. The summed E-state index contributed by atoms with van der Waals surface area (Å²) in [6, 6.07) is 0.113. The average Bonchev–Trinajstić information content (AvgIpc) is 2.59. The van der Waals surface area contributed by atoms with E-state index in [1.165, 1.54) is 12.8 Å². The van der Waals surface area contributed by atoms with E-state index in [0.29, 0.717) is 6.42 Å². The average molecular weight is 197 g/mol. The van der Waals surface area contributed by atoms with Gasteiger partial charge >= 0.3 is 5.97 Å². The van der Waals surface area contributed by atoms with E-state index in [9.17, 15) is 9.90 Å². The molecule has 3 nitrogen and oxygen atoms in total. The molecule has 0 radical (unpaired) electrons. The Morgan fingerprint density at radius 2 is 1.93 bits per heavy atom. The minimum absolute atomic E-state index is 0.113. The molecular weight excluding hydrogens is 178 g/mol. The summed E-state index contributed by atoms with van der Waals surface area (Å²) in [5, 5.41) is 9.23. The maximum atomic E-state index is 11.2. The molecule has 0 amide bonds. The van der Waals surface area contributed by atoms with Gasteiger partial charge in [0.1, 0.15) is 0 Å². The van der Waals surface area contributed by atoms with Gasteiger partial charge in [-0.05, 0) is 37.5 Å².